The van der Waals surface area contributed by atoms with Gasteiger partial charge >= 0.3 is 0 Å². The third kappa shape index (κ3) is 4.24. The molecule has 0 amide bonds. The second-order valence-corrected chi connectivity index (χ2v) is 7.74. The van der Waals surface area contributed by atoms with Crippen molar-refractivity contribution in [2.45, 2.75) is 20.8 Å². The topological polar surface area (TPSA) is 47.5 Å². The highest BCUT2D eigenvalue weighted by atomic mass is 35.5. The van der Waals surface area contributed by atoms with Gasteiger partial charge in [-0.15, -0.1) is 11.3 Å². The molecule has 0 spiro atoms. The van der Waals surface area contributed by atoms with E-state index in [0.717, 1.165) is 33.0 Å². The van der Waals surface area contributed by atoms with Gasteiger partial charge in [-0.1, -0.05) is 47.5 Å². The van der Waals surface area contributed by atoms with Gasteiger partial charge in [0.05, 0.1) is 40.4 Å². The van der Waals surface area contributed by atoms with Crippen molar-refractivity contribution in [2.75, 3.05) is 6.54 Å². The van der Waals surface area contributed by atoms with E-state index >= 15 is 0 Å². The van der Waals surface area contributed by atoms with Crippen LogP contribution >= 0.6 is 34.5 Å². The van der Waals surface area contributed by atoms with Gasteiger partial charge < -0.3 is 0 Å². The molecule has 140 valence electrons. The van der Waals surface area contributed by atoms with Crippen LogP contribution < -0.4 is 4.80 Å². The number of hydrogen-bond donors (Lipinski definition) is 0. The zero-order chi connectivity index (χ0) is 19.6. The Labute approximate surface area is 171 Å². The summed E-state index contributed by atoms with van der Waals surface area (Å²) in [5.41, 5.74) is 4.21. The Morgan fingerprint density at radius 2 is 2.04 bits per heavy atom. The molecular formula is C19H19Cl2N5S. The average Bonchev–Trinajstić information content (AvgIpc) is 3.11. The molecule has 8 heteroatoms. The predicted molar refractivity (Wildman–Crippen MR) is 114 cm³/mol. The van der Waals surface area contributed by atoms with Crippen LogP contribution in [0.3, 0.4) is 0 Å². The van der Waals surface area contributed by atoms with Crippen LogP contribution in [-0.4, -0.2) is 27.2 Å². The minimum Gasteiger partial charge on any atom is -0.253 e. The minimum atomic E-state index is 0.457. The Balaban J connectivity index is 2.01. The third-order valence-electron chi connectivity index (χ3n) is 3.77. The lowest BCUT2D eigenvalue weighted by Gasteiger charge is -2.05. The molecule has 0 unspecified atom stereocenters. The molecule has 3 rings (SSSR count). The van der Waals surface area contributed by atoms with E-state index in [2.05, 4.69) is 21.8 Å². The summed E-state index contributed by atoms with van der Waals surface area (Å²) in [6, 6.07) is 7.43. The molecular weight excluding hydrogens is 401 g/mol. The van der Waals surface area contributed by atoms with Gasteiger partial charge in [-0.2, -0.15) is 10.2 Å². The van der Waals surface area contributed by atoms with Crippen LogP contribution in [0.4, 0.5) is 0 Å². The van der Waals surface area contributed by atoms with E-state index in [4.69, 9.17) is 23.2 Å². The molecule has 0 fully saturated rings. The van der Waals surface area contributed by atoms with Crippen LogP contribution in [0.2, 0.25) is 10.2 Å². The van der Waals surface area contributed by atoms with Gasteiger partial charge in [-0.05, 0) is 32.9 Å². The Morgan fingerprint density at radius 3 is 2.74 bits per heavy atom. The number of benzene rings is 1. The number of nitrogens with zero attached hydrogens (tertiary/aromatic N) is 5. The van der Waals surface area contributed by atoms with Gasteiger partial charge in [0.2, 0.25) is 4.80 Å². The molecule has 27 heavy (non-hydrogen) atoms. The summed E-state index contributed by atoms with van der Waals surface area (Å²) >= 11 is 14.4. The van der Waals surface area contributed by atoms with Gasteiger partial charge in [0, 0.05) is 5.38 Å². The van der Waals surface area contributed by atoms with Crippen LogP contribution in [0.1, 0.15) is 23.9 Å². The van der Waals surface area contributed by atoms with Gasteiger partial charge in [-0.3, -0.25) is 4.99 Å². The average molecular weight is 420 g/mol. The highest BCUT2D eigenvalue weighted by Gasteiger charge is 2.15. The lowest BCUT2D eigenvalue weighted by molar-refractivity contribution is 0.796. The molecule has 0 radical (unpaired) electrons. The van der Waals surface area contributed by atoms with Crippen LogP contribution in [0, 0.1) is 13.8 Å². The Kier molecular flexibility index (Phi) is 5.99. The largest absolute Gasteiger partial charge is 0.253 e. The highest BCUT2D eigenvalue weighted by Crippen LogP contribution is 2.26. The first-order valence-electron chi connectivity index (χ1n) is 8.25. The second-order valence-electron chi connectivity index (χ2n) is 6.14. The maximum atomic E-state index is 6.57. The SMILES string of the molecule is C=C(C)CN=c1scc(C)n1N=Cc1c(C)nn(-c2ccccc2Cl)c1Cl. The first kappa shape index (κ1) is 19.6. The van der Waals surface area contributed by atoms with Crippen molar-refractivity contribution in [1.82, 2.24) is 14.5 Å². The summed E-state index contributed by atoms with van der Waals surface area (Å²) in [7, 11) is 0. The number of halogens is 2. The number of thiazole rings is 1. The van der Waals surface area contributed by atoms with Crippen LogP contribution in [0.15, 0.2) is 51.9 Å². The number of aryl methyl sites for hydroxylation is 2. The molecule has 1 aromatic carbocycles. The zero-order valence-corrected chi connectivity index (χ0v) is 17.6. The lowest BCUT2D eigenvalue weighted by atomic mass is 10.3. The van der Waals surface area contributed by atoms with Crippen molar-refractivity contribution < 1.29 is 0 Å². The van der Waals surface area contributed by atoms with Crippen LogP contribution in [-0.2, 0) is 0 Å². The van der Waals surface area contributed by atoms with Crippen LogP contribution in [0.25, 0.3) is 5.69 Å². The van der Waals surface area contributed by atoms with Gasteiger partial charge in [0.15, 0.2) is 0 Å². The summed E-state index contributed by atoms with van der Waals surface area (Å²) in [4.78, 5) is 5.35. The summed E-state index contributed by atoms with van der Waals surface area (Å²) in [6.07, 6.45) is 1.71. The molecule has 0 saturated heterocycles. The first-order chi connectivity index (χ1) is 12.9. The lowest BCUT2D eigenvalue weighted by Crippen LogP contribution is -2.13. The van der Waals surface area contributed by atoms with Crippen molar-refractivity contribution in [3.05, 3.63) is 73.7 Å². The van der Waals surface area contributed by atoms with Gasteiger partial charge in [-0.25, -0.2) is 9.36 Å². The fourth-order valence-corrected chi connectivity index (χ4v) is 3.73. The highest BCUT2D eigenvalue weighted by molar-refractivity contribution is 7.07. The van der Waals surface area contributed by atoms with Crippen molar-refractivity contribution in [2.24, 2.45) is 10.1 Å². The summed E-state index contributed by atoms with van der Waals surface area (Å²) in [5.74, 6) is 0. The number of para-hydroxylation sites is 1. The Morgan fingerprint density at radius 1 is 1.30 bits per heavy atom. The molecule has 5 nitrogen and oxygen atoms in total. The van der Waals surface area contributed by atoms with E-state index in [1.54, 1.807) is 21.6 Å². The van der Waals surface area contributed by atoms with Crippen molar-refractivity contribution in [3.8, 4) is 5.69 Å². The zero-order valence-electron chi connectivity index (χ0n) is 15.3. The number of rotatable bonds is 5. The van der Waals surface area contributed by atoms with E-state index < -0.39 is 0 Å². The number of aromatic nitrogens is 3. The fraction of sp³-hybridized carbons (Fsp3) is 0.211. The quantitative estimate of drug-likeness (QED) is 0.423. The Bertz CT molecular complexity index is 1090. The minimum absolute atomic E-state index is 0.457. The molecule has 0 aliphatic heterocycles. The van der Waals surface area contributed by atoms with Crippen molar-refractivity contribution in [1.29, 1.82) is 0 Å². The Hall–Kier alpha value is -2.15. The van der Waals surface area contributed by atoms with Crippen molar-refractivity contribution in [3.63, 3.8) is 0 Å². The van der Waals surface area contributed by atoms with E-state index in [1.807, 2.05) is 44.4 Å². The third-order valence-corrected chi connectivity index (χ3v) is 5.42. The van der Waals surface area contributed by atoms with Crippen molar-refractivity contribution >= 4 is 40.8 Å². The molecule has 3 aromatic rings. The fourth-order valence-electron chi connectivity index (χ4n) is 2.39. The van der Waals surface area contributed by atoms with E-state index in [-0.39, 0.29) is 0 Å². The van der Waals surface area contributed by atoms with Crippen LogP contribution in [0.5, 0.6) is 0 Å². The predicted octanol–water partition coefficient (Wildman–Crippen LogP) is 5.02. The normalized spacial score (nSPS) is 12.3. The van der Waals surface area contributed by atoms with E-state index in [1.165, 1.54) is 11.3 Å². The summed E-state index contributed by atoms with van der Waals surface area (Å²) in [6.45, 7) is 10.3. The maximum Gasteiger partial charge on any atom is 0.206 e. The molecule has 0 N–H and O–H groups in total. The molecule has 2 aromatic heterocycles. The smallest absolute Gasteiger partial charge is 0.206 e. The van der Waals surface area contributed by atoms with Gasteiger partial charge in [0.1, 0.15) is 5.15 Å². The molecule has 0 saturated carbocycles. The summed E-state index contributed by atoms with van der Waals surface area (Å²) < 4.78 is 3.41. The van der Waals surface area contributed by atoms with E-state index in [9.17, 15) is 0 Å². The molecule has 0 atom stereocenters. The second kappa shape index (κ2) is 8.25. The molecule has 0 aliphatic rings. The molecule has 2 heterocycles. The van der Waals surface area contributed by atoms with Gasteiger partial charge in [0.25, 0.3) is 0 Å². The monoisotopic (exact) mass is 419 g/mol. The molecule has 0 bridgehead atoms. The molecule has 0 aliphatic carbocycles. The maximum absolute atomic E-state index is 6.57. The number of hydrogen-bond acceptors (Lipinski definition) is 4. The standard InChI is InChI=1S/C19H19Cl2N5S/c1-12(2)9-22-19-25(13(3)11-27-19)23-10-15-14(4)24-26(18(15)21)17-8-6-5-7-16(17)20/h5-8,10-11H,1,9H2,2-4H3. The first-order valence-corrected chi connectivity index (χ1v) is 9.88. The summed E-state index contributed by atoms with van der Waals surface area (Å²) in [5, 5.41) is 12.1. The van der Waals surface area contributed by atoms with E-state index in [0.29, 0.717) is 16.7 Å².